The number of rotatable bonds is 5. The van der Waals surface area contributed by atoms with Crippen molar-refractivity contribution in [1.82, 2.24) is 15.0 Å². The third-order valence-electron chi connectivity index (χ3n) is 4.74. The molecule has 3 heterocycles. The summed E-state index contributed by atoms with van der Waals surface area (Å²) < 4.78 is 0. The average Bonchev–Trinajstić information content (AvgIpc) is 2.81. The van der Waals surface area contributed by atoms with E-state index < -0.39 is 0 Å². The number of aromatic nitrogens is 3. The first-order valence-electron chi connectivity index (χ1n) is 8.65. The van der Waals surface area contributed by atoms with E-state index in [1.54, 1.807) is 18.2 Å². The molecule has 0 fully saturated rings. The Kier molecular flexibility index (Phi) is 4.41. The van der Waals surface area contributed by atoms with Crippen LogP contribution in [0.4, 0.5) is 23.0 Å². The largest absolute Gasteiger partial charge is 0.261 e. The van der Waals surface area contributed by atoms with Gasteiger partial charge in [-0.3, -0.25) is 9.98 Å². The van der Waals surface area contributed by atoms with Gasteiger partial charge in [-0.25, -0.2) is 24.9 Å². The lowest BCUT2D eigenvalue weighted by Gasteiger charge is -2.13. The Balaban J connectivity index is 2.39. The van der Waals surface area contributed by atoms with E-state index in [9.17, 15) is 5.26 Å². The Morgan fingerprint density at radius 1 is 0.733 bits per heavy atom. The quantitative estimate of drug-likeness (QED) is 0.345. The van der Waals surface area contributed by atoms with Gasteiger partial charge in [0, 0.05) is 16.2 Å². The summed E-state index contributed by atoms with van der Waals surface area (Å²) in [7, 11) is 0. The van der Waals surface area contributed by atoms with Crippen molar-refractivity contribution < 1.29 is 0 Å². The van der Waals surface area contributed by atoms with Gasteiger partial charge in [0.25, 0.3) is 0 Å². The Labute approximate surface area is 171 Å². The minimum Gasteiger partial charge on any atom is -0.261 e. The maximum Gasteiger partial charge on any atom is 0.178 e. The standard InChI is InChI=1S/C22H14N8/c1-6-15-11(10-23)7-14-18-12(8-16(24-2)21(26-4)29-18)13-9-17(25-3)22(27-5)30-19(13)20(14)28-15/h6-9H,1-5H2. The fourth-order valence-electron chi connectivity index (χ4n) is 3.38. The normalized spacial score (nSPS) is 10.6. The molecule has 4 aromatic rings. The highest BCUT2D eigenvalue weighted by molar-refractivity contribution is 6.23. The second-order valence-corrected chi connectivity index (χ2v) is 6.22. The van der Waals surface area contributed by atoms with Gasteiger partial charge in [0.05, 0.1) is 27.8 Å². The van der Waals surface area contributed by atoms with Gasteiger partial charge in [-0.15, -0.1) is 0 Å². The van der Waals surface area contributed by atoms with Crippen molar-refractivity contribution in [2.24, 2.45) is 20.0 Å². The van der Waals surface area contributed by atoms with Crippen LogP contribution in [0.1, 0.15) is 11.3 Å². The molecule has 0 unspecified atom stereocenters. The Hall–Kier alpha value is -4.64. The number of pyridine rings is 3. The van der Waals surface area contributed by atoms with Crippen LogP contribution in [0, 0.1) is 11.3 Å². The van der Waals surface area contributed by atoms with Crippen molar-refractivity contribution >= 4 is 88.7 Å². The van der Waals surface area contributed by atoms with Gasteiger partial charge in [-0.2, -0.15) is 5.26 Å². The van der Waals surface area contributed by atoms with E-state index in [4.69, 9.17) is 0 Å². The molecule has 8 heteroatoms. The zero-order valence-corrected chi connectivity index (χ0v) is 15.9. The van der Waals surface area contributed by atoms with Crippen molar-refractivity contribution in [3.63, 3.8) is 0 Å². The average molecular weight is 390 g/mol. The smallest absolute Gasteiger partial charge is 0.178 e. The predicted octanol–water partition coefficient (Wildman–Crippen LogP) is 5.17. The first-order chi connectivity index (χ1) is 14.6. The summed E-state index contributed by atoms with van der Waals surface area (Å²) in [5.74, 6) is 0.646. The second-order valence-electron chi connectivity index (χ2n) is 6.22. The van der Waals surface area contributed by atoms with E-state index in [-0.39, 0.29) is 0 Å². The number of benzene rings is 1. The van der Waals surface area contributed by atoms with Gasteiger partial charge >= 0.3 is 0 Å². The monoisotopic (exact) mass is 390 g/mol. The predicted molar refractivity (Wildman–Crippen MR) is 124 cm³/mol. The summed E-state index contributed by atoms with van der Waals surface area (Å²) in [5.41, 5.74) is 3.40. The van der Waals surface area contributed by atoms with Gasteiger partial charge in [0.15, 0.2) is 11.6 Å². The van der Waals surface area contributed by atoms with Gasteiger partial charge < -0.3 is 0 Å². The Morgan fingerprint density at radius 3 is 1.77 bits per heavy atom. The molecule has 0 aliphatic heterocycles. The lowest BCUT2D eigenvalue weighted by atomic mass is 10.0. The zero-order chi connectivity index (χ0) is 21.4. The van der Waals surface area contributed by atoms with Crippen LogP contribution in [0.2, 0.25) is 0 Å². The van der Waals surface area contributed by atoms with Crippen molar-refractivity contribution in [2.75, 3.05) is 0 Å². The molecule has 0 amide bonds. The molecule has 0 atom stereocenters. The number of fused-ring (bicyclic) bond motifs is 6. The van der Waals surface area contributed by atoms with Gasteiger partial charge in [-0.1, -0.05) is 6.58 Å². The molecule has 1 aromatic carbocycles. The molecule has 0 aliphatic rings. The molecule has 0 aliphatic carbocycles. The molecular formula is C22H14N8. The molecular weight excluding hydrogens is 376 g/mol. The molecule has 8 nitrogen and oxygen atoms in total. The van der Waals surface area contributed by atoms with Crippen LogP contribution < -0.4 is 0 Å². The van der Waals surface area contributed by atoms with E-state index in [2.05, 4.69) is 74.4 Å². The highest BCUT2D eigenvalue weighted by Crippen LogP contribution is 2.41. The minimum atomic E-state index is 0.323. The van der Waals surface area contributed by atoms with E-state index >= 15 is 0 Å². The lowest BCUT2D eigenvalue weighted by molar-refractivity contribution is 1.29. The number of hydrogen-bond acceptors (Lipinski definition) is 8. The molecule has 142 valence electrons. The maximum atomic E-state index is 9.56. The van der Waals surface area contributed by atoms with Gasteiger partial charge in [0.1, 0.15) is 17.4 Å². The topological polar surface area (TPSA) is 112 Å². The van der Waals surface area contributed by atoms with Crippen molar-refractivity contribution in [3.8, 4) is 6.07 Å². The SMILES string of the molecule is C=Cc1nc2c(cc1C#N)c1nc(N=C)c(N=C)cc1c1cc(N=C)c(N=C)nc12. The molecule has 0 bridgehead atoms. The summed E-state index contributed by atoms with van der Waals surface area (Å²) in [4.78, 5) is 29.8. The van der Waals surface area contributed by atoms with E-state index in [0.717, 1.165) is 5.39 Å². The van der Waals surface area contributed by atoms with Crippen LogP contribution in [0.3, 0.4) is 0 Å². The minimum absolute atomic E-state index is 0.323. The molecule has 0 saturated carbocycles. The van der Waals surface area contributed by atoms with Crippen molar-refractivity contribution in [3.05, 3.63) is 36.0 Å². The third kappa shape index (κ3) is 2.57. The molecule has 0 N–H and O–H groups in total. The summed E-state index contributed by atoms with van der Waals surface area (Å²) >= 11 is 0. The Morgan fingerprint density at radius 2 is 1.27 bits per heavy atom. The molecule has 4 rings (SSSR count). The molecule has 0 spiro atoms. The maximum absolute atomic E-state index is 9.56. The van der Waals surface area contributed by atoms with Crippen LogP contribution in [0.25, 0.3) is 38.8 Å². The van der Waals surface area contributed by atoms with Crippen LogP contribution in [-0.2, 0) is 0 Å². The number of nitriles is 1. The summed E-state index contributed by atoms with van der Waals surface area (Å²) in [6, 6.07) is 7.45. The summed E-state index contributed by atoms with van der Waals surface area (Å²) in [5, 5.41) is 11.6. The highest BCUT2D eigenvalue weighted by atomic mass is 15.0. The number of aliphatic imine (C=N–C) groups is 4. The van der Waals surface area contributed by atoms with Gasteiger partial charge in [0.2, 0.25) is 0 Å². The van der Waals surface area contributed by atoms with Crippen LogP contribution in [-0.4, -0.2) is 41.8 Å². The van der Waals surface area contributed by atoms with Gasteiger partial charge in [-0.05, 0) is 51.1 Å². The zero-order valence-electron chi connectivity index (χ0n) is 15.9. The fraction of sp³-hybridized carbons (Fsp3) is 0. The lowest BCUT2D eigenvalue weighted by Crippen LogP contribution is -1.95. The number of nitrogens with zero attached hydrogens (tertiary/aromatic N) is 8. The molecule has 0 radical (unpaired) electrons. The van der Waals surface area contributed by atoms with E-state index in [1.165, 1.54) is 6.08 Å². The Bertz CT molecular complexity index is 1450. The number of hydrogen-bond donors (Lipinski definition) is 0. The van der Waals surface area contributed by atoms with Crippen LogP contribution in [0.15, 0.2) is 44.7 Å². The van der Waals surface area contributed by atoms with E-state index in [0.29, 0.717) is 61.6 Å². The van der Waals surface area contributed by atoms with Crippen LogP contribution >= 0.6 is 0 Å². The fourth-order valence-corrected chi connectivity index (χ4v) is 3.38. The summed E-state index contributed by atoms with van der Waals surface area (Å²) in [6.07, 6.45) is 1.52. The molecule has 30 heavy (non-hydrogen) atoms. The third-order valence-corrected chi connectivity index (χ3v) is 4.74. The first-order valence-corrected chi connectivity index (χ1v) is 8.65. The highest BCUT2D eigenvalue weighted by Gasteiger charge is 2.18. The first kappa shape index (κ1) is 18.7. The van der Waals surface area contributed by atoms with Crippen LogP contribution in [0.5, 0.6) is 0 Å². The molecule has 0 saturated heterocycles. The molecule has 3 aromatic heterocycles. The van der Waals surface area contributed by atoms with Crippen molar-refractivity contribution in [1.29, 1.82) is 5.26 Å². The summed E-state index contributed by atoms with van der Waals surface area (Å²) in [6.45, 7) is 18.1. The second kappa shape index (κ2) is 7.07. The van der Waals surface area contributed by atoms with E-state index in [1.807, 2.05) is 0 Å². The van der Waals surface area contributed by atoms with Crippen molar-refractivity contribution in [2.45, 2.75) is 0 Å².